The number of ketones is 1. The van der Waals surface area contributed by atoms with Crippen LogP contribution in [0.2, 0.25) is 0 Å². The van der Waals surface area contributed by atoms with Crippen LogP contribution in [0.1, 0.15) is 50.3 Å². The second-order valence-corrected chi connectivity index (χ2v) is 7.20. The first-order chi connectivity index (χ1) is 13.4. The number of hydrogen-bond acceptors (Lipinski definition) is 2. The highest BCUT2D eigenvalue weighted by Gasteiger charge is 2.12. The van der Waals surface area contributed by atoms with Gasteiger partial charge in [0.2, 0.25) is 0 Å². The summed E-state index contributed by atoms with van der Waals surface area (Å²) in [5.41, 5.74) is 4.79. The van der Waals surface area contributed by atoms with Crippen LogP contribution in [-0.4, -0.2) is 10.8 Å². The van der Waals surface area contributed by atoms with E-state index in [9.17, 15) is 4.79 Å². The van der Waals surface area contributed by atoms with Gasteiger partial charge in [0.05, 0.1) is 5.76 Å². The minimum Gasteiger partial charge on any atom is -0.462 e. The van der Waals surface area contributed by atoms with Gasteiger partial charge < -0.3 is 9.72 Å². The van der Waals surface area contributed by atoms with Crippen molar-refractivity contribution < 1.29 is 9.53 Å². The van der Waals surface area contributed by atoms with E-state index in [4.69, 9.17) is 4.74 Å². The molecular formula is C25H31NO2. The van der Waals surface area contributed by atoms with Gasteiger partial charge in [-0.15, -0.1) is 0 Å². The largest absolute Gasteiger partial charge is 0.462 e. The second-order valence-electron chi connectivity index (χ2n) is 7.20. The third kappa shape index (κ3) is 6.12. The number of H-pyrrole nitrogens is 1. The summed E-state index contributed by atoms with van der Waals surface area (Å²) in [7, 11) is 0. The van der Waals surface area contributed by atoms with Crippen LogP contribution < -0.4 is 4.74 Å². The molecule has 0 unspecified atom stereocenters. The maximum Gasteiger partial charge on any atom is 0.134 e. The van der Waals surface area contributed by atoms with E-state index in [1.54, 1.807) is 6.92 Å². The number of hydrogen-bond donors (Lipinski definition) is 1. The molecule has 4 rings (SSSR count). The van der Waals surface area contributed by atoms with Crippen molar-refractivity contribution in [1.82, 2.24) is 4.98 Å². The van der Waals surface area contributed by atoms with Gasteiger partial charge in [0, 0.05) is 29.9 Å². The van der Waals surface area contributed by atoms with Crippen LogP contribution in [0.4, 0.5) is 0 Å². The molecule has 0 amide bonds. The van der Waals surface area contributed by atoms with E-state index >= 15 is 0 Å². The molecule has 1 aliphatic rings. The fraction of sp³-hybridized carbons (Fsp3) is 0.320. The molecule has 0 saturated heterocycles. The van der Waals surface area contributed by atoms with E-state index in [-0.39, 0.29) is 5.78 Å². The Labute approximate surface area is 168 Å². The van der Waals surface area contributed by atoms with Gasteiger partial charge >= 0.3 is 0 Å². The number of carbonyl (C=O) groups excluding carboxylic acids is 1. The Balaban J connectivity index is 0.000000176. The topological polar surface area (TPSA) is 42.1 Å². The molecule has 2 aromatic carbocycles. The number of rotatable bonds is 2. The average Bonchev–Trinajstić information content (AvgIpc) is 3.06. The van der Waals surface area contributed by atoms with Crippen LogP contribution in [0.3, 0.4) is 0 Å². The fourth-order valence-electron chi connectivity index (χ4n) is 3.03. The Hall–Kier alpha value is -2.81. The molecular weight excluding hydrogens is 346 g/mol. The zero-order chi connectivity index (χ0) is 20.5. The molecule has 3 nitrogen and oxygen atoms in total. The average molecular weight is 378 g/mol. The van der Waals surface area contributed by atoms with Crippen molar-refractivity contribution in [1.29, 1.82) is 0 Å². The maximum absolute atomic E-state index is 10.9. The molecule has 3 aromatic rings. The fourth-order valence-corrected chi connectivity index (χ4v) is 3.03. The number of benzene rings is 2. The zero-order valence-electron chi connectivity index (χ0n) is 17.5. The quantitative estimate of drug-likeness (QED) is 0.550. The number of fused-ring (bicyclic) bond motifs is 2. The van der Waals surface area contributed by atoms with Gasteiger partial charge in [-0.05, 0) is 43.5 Å². The SMILES string of the molecule is C=C1CCc2cc(C)ccc2O1.CC(=O)Cc1c[nH]c2ccccc12.CCC. The first-order valence-corrected chi connectivity index (χ1v) is 9.94. The lowest BCUT2D eigenvalue weighted by molar-refractivity contribution is -0.116. The third-order valence-corrected chi connectivity index (χ3v) is 4.26. The van der Waals surface area contributed by atoms with Crippen molar-refractivity contribution >= 4 is 16.7 Å². The smallest absolute Gasteiger partial charge is 0.134 e. The molecule has 0 bridgehead atoms. The van der Waals surface area contributed by atoms with Crippen LogP contribution in [0.15, 0.2) is 61.0 Å². The molecule has 0 atom stereocenters. The molecule has 1 N–H and O–H groups in total. The summed E-state index contributed by atoms with van der Waals surface area (Å²) in [5, 5.41) is 1.15. The second kappa shape index (κ2) is 10.5. The Bertz CT molecular complexity index is 937. The Morgan fingerprint density at radius 2 is 1.86 bits per heavy atom. The van der Waals surface area contributed by atoms with Crippen LogP contribution in [0, 0.1) is 6.92 Å². The highest BCUT2D eigenvalue weighted by Crippen LogP contribution is 2.29. The van der Waals surface area contributed by atoms with Crippen molar-refractivity contribution in [2.24, 2.45) is 0 Å². The number of ether oxygens (including phenoxy) is 1. The number of nitrogens with one attached hydrogen (secondary N) is 1. The van der Waals surface area contributed by atoms with Crippen molar-refractivity contribution in [2.45, 2.75) is 53.4 Å². The summed E-state index contributed by atoms with van der Waals surface area (Å²) < 4.78 is 5.49. The zero-order valence-corrected chi connectivity index (χ0v) is 17.5. The first-order valence-electron chi connectivity index (χ1n) is 9.94. The van der Waals surface area contributed by atoms with Crippen LogP contribution >= 0.6 is 0 Å². The molecule has 28 heavy (non-hydrogen) atoms. The van der Waals surface area contributed by atoms with Gasteiger partial charge in [0.15, 0.2) is 0 Å². The minimum atomic E-state index is 0.199. The van der Waals surface area contributed by atoms with E-state index in [2.05, 4.69) is 44.5 Å². The van der Waals surface area contributed by atoms with Gasteiger partial charge in [0.25, 0.3) is 0 Å². The van der Waals surface area contributed by atoms with Gasteiger partial charge in [-0.2, -0.15) is 0 Å². The normalized spacial score (nSPS) is 12.1. The highest BCUT2D eigenvalue weighted by molar-refractivity contribution is 5.88. The lowest BCUT2D eigenvalue weighted by Gasteiger charge is -2.18. The van der Waals surface area contributed by atoms with Crippen molar-refractivity contribution in [3.63, 3.8) is 0 Å². The van der Waals surface area contributed by atoms with Gasteiger partial charge in [-0.3, -0.25) is 4.79 Å². The number of aryl methyl sites for hydroxylation is 2. The summed E-state index contributed by atoms with van der Waals surface area (Å²) in [5.74, 6) is 2.06. The number of aromatic nitrogens is 1. The Morgan fingerprint density at radius 3 is 2.57 bits per heavy atom. The maximum atomic E-state index is 10.9. The summed E-state index contributed by atoms with van der Waals surface area (Å²) in [6, 6.07) is 14.3. The van der Waals surface area contributed by atoms with E-state index in [0.717, 1.165) is 40.8 Å². The number of Topliss-reactive ketones (excluding diaryl/α,β-unsaturated/α-hetero) is 1. The van der Waals surface area contributed by atoms with E-state index in [0.29, 0.717) is 6.42 Å². The third-order valence-electron chi connectivity index (χ3n) is 4.26. The molecule has 0 aliphatic carbocycles. The van der Waals surface area contributed by atoms with Gasteiger partial charge in [0.1, 0.15) is 11.5 Å². The number of carbonyl (C=O) groups is 1. The lowest BCUT2D eigenvalue weighted by Crippen LogP contribution is -2.05. The van der Waals surface area contributed by atoms with E-state index < -0.39 is 0 Å². The Morgan fingerprint density at radius 1 is 1.14 bits per heavy atom. The molecule has 1 aliphatic heterocycles. The van der Waals surface area contributed by atoms with Crippen molar-refractivity contribution in [3.05, 3.63) is 77.7 Å². The number of aromatic amines is 1. The standard InChI is InChI=1S/C11H11NO.C11H12O.C3H8/c1-8(13)6-9-7-12-11-5-3-2-4-10(9)11;1-8-3-6-11-10(7-8)5-4-9(2)12-11;1-3-2/h2-5,7,12H,6H2,1H3;3,6-7H,2,4-5H2,1H3;3H2,1-2H3. The molecule has 0 fully saturated rings. The van der Waals surface area contributed by atoms with Crippen molar-refractivity contribution in [2.75, 3.05) is 0 Å². The Kier molecular flexibility index (Phi) is 8.06. The molecule has 0 radical (unpaired) electrons. The van der Waals surface area contributed by atoms with Gasteiger partial charge in [-0.25, -0.2) is 0 Å². The van der Waals surface area contributed by atoms with Crippen molar-refractivity contribution in [3.8, 4) is 5.75 Å². The van der Waals surface area contributed by atoms with E-state index in [1.165, 1.54) is 17.5 Å². The molecule has 2 heterocycles. The molecule has 0 spiro atoms. The highest BCUT2D eigenvalue weighted by atomic mass is 16.5. The van der Waals surface area contributed by atoms with Gasteiger partial charge in [-0.1, -0.05) is 62.7 Å². The molecule has 148 valence electrons. The monoisotopic (exact) mass is 377 g/mol. The number of para-hydroxylation sites is 1. The predicted molar refractivity (Wildman–Crippen MR) is 118 cm³/mol. The van der Waals surface area contributed by atoms with Crippen LogP contribution in [-0.2, 0) is 17.6 Å². The molecule has 3 heteroatoms. The first kappa shape index (κ1) is 21.5. The molecule has 0 saturated carbocycles. The summed E-state index contributed by atoms with van der Waals surface area (Å²) in [4.78, 5) is 14.1. The minimum absolute atomic E-state index is 0.199. The molecule has 1 aromatic heterocycles. The van der Waals surface area contributed by atoms with Crippen LogP contribution in [0.25, 0.3) is 10.9 Å². The number of allylic oxidation sites excluding steroid dienone is 1. The summed E-state index contributed by atoms with van der Waals surface area (Å²) in [6.07, 6.45) is 5.70. The van der Waals surface area contributed by atoms with E-state index in [1.807, 2.05) is 36.5 Å². The van der Waals surface area contributed by atoms with Crippen LogP contribution in [0.5, 0.6) is 5.75 Å². The predicted octanol–water partition coefficient (Wildman–Crippen LogP) is 6.55. The summed E-state index contributed by atoms with van der Waals surface area (Å²) in [6.45, 7) is 11.8. The lowest BCUT2D eigenvalue weighted by atomic mass is 10.0. The summed E-state index contributed by atoms with van der Waals surface area (Å²) >= 11 is 0.